The summed E-state index contributed by atoms with van der Waals surface area (Å²) in [6.45, 7) is 5.11. The van der Waals surface area contributed by atoms with E-state index >= 15 is 0 Å². The first-order valence-corrected chi connectivity index (χ1v) is 6.83. The molecule has 19 heavy (non-hydrogen) atoms. The van der Waals surface area contributed by atoms with Crippen LogP contribution in [0.25, 0.3) is 0 Å². The molecule has 0 spiro atoms. The molecule has 5 nitrogen and oxygen atoms in total. The maximum Gasteiger partial charge on any atom is 0.348 e. The summed E-state index contributed by atoms with van der Waals surface area (Å²) in [5.41, 5.74) is 0.766. The number of rotatable bonds is 4. The lowest BCUT2D eigenvalue weighted by Crippen LogP contribution is -2.20. The number of carbonyl (C=O) groups excluding carboxylic acids is 2. The SMILES string of the molecule is CCOC(=O)c1sc(NC(=O)C(C)Cl)c(C#N)c1C. The minimum atomic E-state index is -0.722. The number of hydrogen-bond donors (Lipinski definition) is 1. The van der Waals surface area contributed by atoms with Crippen LogP contribution in [0.2, 0.25) is 0 Å². The van der Waals surface area contributed by atoms with E-state index in [0.29, 0.717) is 15.4 Å². The molecule has 0 aromatic carbocycles. The van der Waals surface area contributed by atoms with E-state index in [9.17, 15) is 9.59 Å². The summed E-state index contributed by atoms with van der Waals surface area (Å²) < 4.78 is 4.90. The van der Waals surface area contributed by atoms with E-state index in [-0.39, 0.29) is 12.2 Å². The van der Waals surface area contributed by atoms with Gasteiger partial charge in [0.05, 0.1) is 12.2 Å². The van der Waals surface area contributed by atoms with Gasteiger partial charge in [0, 0.05) is 0 Å². The first-order valence-electron chi connectivity index (χ1n) is 5.57. The van der Waals surface area contributed by atoms with Crippen LogP contribution in [0.4, 0.5) is 5.00 Å². The van der Waals surface area contributed by atoms with Crippen LogP contribution in [-0.2, 0) is 9.53 Å². The second kappa shape index (κ2) is 6.55. The van der Waals surface area contributed by atoms with Crippen molar-refractivity contribution in [1.82, 2.24) is 0 Å². The molecule has 0 bridgehead atoms. The standard InChI is InChI=1S/C12H13ClN2O3S/c1-4-18-12(17)9-6(2)8(5-14)11(19-9)15-10(16)7(3)13/h7H,4H2,1-3H3,(H,15,16). The molecule has 1 amide bonds. The number of ether oxygens (including phenoxy) is 1. The molecule has 0 aliphatic rings. The summed E-state index contributed by atoms with van der Waals surface area (Å²) in [5.74, 6) is -0.921. The smallest absolute Gasteiger partial charge is 0.348 e. The molecule has 0 radical (unpaired) electrons. The fourth-order valence-corrected chi connectivity index (χ4v) is 2.45. The lowest BCUT2D eigenvalue weighted by atomic mass is 10.2. The van der Waals surface area contributed by atoms with Gasteiger partial charge in [0.15, 0.2) is 0 Å². The second-order valence-corrected chi connectivity index (χ2v) is 5.37. The van der Waals surface area contributed by atoms with E-state index in [1.54, 1.807) is 13.8 Å². The van der Waals surface area contributed by atoms with Crippen LogP contribution in [0.15, 0.2) is 0 Å². The minimum absolute atomic E-state index is 0.248. The number of thiophene rings is 1. The molecule has 0 fully saturated rings. The Morgan fingerprint density at radius 3 is 2.68 bits per heavy atom. The minimum Gasteiger partial charge on any atom is -0.462 e. The van der Waals surface area contributed by atoms with Crippen molar-refractivity contribution in [2.75, 3.05) is 11.9 Å². The van der Waals surface area contributed by atoms with Gasteiger partial charge in [0.2, 0.25) is 5.91 Å². The number of carbonyl (C=O) groups is 2. The monoisotopic (exact) mass is 300 g/mol. The highest BCUT2D eigenvalue weighted by molar-refractivity contribution is 7.18. The Kier molecular flexibility index (Phi) is 5.33. The van der Waals surface area contributed by atoms with Crippen LogP contribution in [0, 0.1) is 18.3 Å². The molecule has 7 heteroatoms. The summed E-state index contributed by atoms with van der Waals surface area (Å²) in [6, 6.07) is 1.97. The van der Waals surface area contributed by atoms with Crippen molar-refractivity contribution in [3.8, 4) is 6.07 Å². The van der Waals surface area contributed by atoms with Gasteiger partial charge in [0.1, 0.15) is 21.3 Å². The third kappa shape index (κ3) is 3.46. The van der Waals surface area contributed by atoms with Crippen LogP contribution in [0.5, 0.6) is 0 Å². The fourth-order valence-electron chi connectivity index (χ4n) is 1.34. The Morgan fingerprint density at radius 1 is 1.58 bits per heavy atom. The zero-order chi connectivity index (χ0) is 14.6. The maximum absolute atomic E-state index is 11.7. The molecule has 1 aromatic rings. The van der Waals surface area contributed by atoms with E-state index < -0.39 is 17.3 Å². The van der Waals surface area contributed by atoms with Crippen LogP contribution >= 0.6 is 22.9 Å². The normalized spacial score (nSPS) is 11.5. The van der Waals surface area contributed by atoms with Crippen LogP contribution < -0.4 is 5.32 Å². The van der Waals surface area contributed by atoms with E-state index in [2.05, 4.69) is 5.32 Å². The number of alkyl halides is 1. The Bertz CT molecular complexity index is 546. The highest BCUT2D eigenvalue weighted by Gasteiger charge is 2.22. The highest BCUT2D eigenvalue weighted by Crippen LogP contribution is 2.33. The Hall–Kier alpha value is -1.58. The number of amides is 1. The molecular weight excluding hydrogens is 288 g/mol. The number of nitriles is 1. The first-order chi connectivity index (χ1) is 8.92. The molecule has 1 unspecified atom stereocenters. The van der Waals surface area contributed by atoms with Gasteiger partial charge in [-0.15, -0.1) is 22.9 Å². The van der Waals surface area contributed by atoms with E-state index in [1.165, 1.54) is 6.92 Å². The number of esters is 1. The molecule has 1 atom stereocenters. The fraction of sp³-hybridized carbons (Fsp3) is 0.417. The molecule has 0 saturated carbocycles. The first kappa shape index (κ1) is 15.5. The maximum atomic E-state index is 11.7. The molecule has 1 rings (SSSR count). The number of anilines is 1. The quantitative estimate of drug-likeness (QED) is 0.685. The van der Waals surface area contributed by atoms with Crippen molar-refractivity contribution in [2.24, 2.45) is 0 Å². The van der Waals surface area contributed by atoms with Crippen molar-refractivity contribution in [3.63, 3.8) is 0 Å². The predicted molar refractivity (Wildman–Crippen MR) is 73.7 cm³/mol. The Labute approximate surface area is 120 Å². The molecule has 102 valence electrons. The number of halogens is 1. The molecule has 1 heterocycles. The Balaban J connectivity index is 3.13. The van der Waals surface area contributed by atoms with Crippen LogP contribution in [0.1, 0.15) is 34.6 Å². The van der Waals surface area contributed by atoms with Gasteiger partial charge in [-0.3, -0.25) is 4.79 Å². The third-order valence-corrected chi connectivity index (χ3v) is 3.70. The number of nitrogens with one attached hydrogen (secondary N) is 1. The largest absolute Gasteiger partial charge is 0.462 e. The zero-order valence-corrected chi connectivity index (χ0v) is 12.3. The van der Waals surface area contributed by atoms with Crippen molar-refractivity contribution in [2.45, 2.75) is 26.1 Å². The van der Waals surface area contributed by atoms with Gasteiger partial charge in [-0.25, -0.2) is 4.79 Å². The number of nitrogens with zero attached hydrogens (tertiary/aromatic N) is 1. The average molecular weight is 301 g/mol. The van der Waals surface area contributed by atoms with Gasteiger partial charge in [0.25, 0.3) is 0 Å². The van der Waals surface area contributed by atoms with Gasteiger partial charge in [-0.05, 0) is 26.3 Å². The zero-order valence-electron chi connectivity index (χ0n) is 10.7. The van der Waals surface area contributed by atoms with Crippen molar-refractivity contribution in [1.29, 1.82) is 5.26 Å². The van der Waals surface area contributed by atoms with E-state index in [4.69, 9.17) is 21.6 Å². The summed E-state index contributed by atoms with van der Waals surface area (Å²) in [7, 11) is 0. The van der Waals surface area contributed by atoms with E-state index in [0.717, 1.165) is 11.3 Å². The highest BCUT2D eigenvalue weighted by atomic mass is 35.5. The number of hydrogen-bond acceptors (Lipinski definition) is 5. The summed E-state index contributed by atoms with van der Waals surface area (Å²) >= 11 is 6.67. The summed E-state index contributed by atoms with van der Waals surface area (Å²) in [6.07, 6.45) is 0. The summed E-state index contributed by atoms with van der Waals surface area (Å²) in [4.78, 5) is 23.6. The molecule has 0 aliphatic carbocycles. The topological polar surface area (TPSA) is 79.2 Å². The van der Waals surface area contributed by atoms with Gasteiger partial charge in [-0.2, -0.15) is 5.26 Å². The van der Waals surface area contributed by atoms with Crippen LogP contribution in [-0.4, -0.2) is 23.9 Å². The van der Waals surface area contributed by atoms with Gasteiger partial charge >= 0.3 is 5.97 Å². The average Bonchev–Trinajstić information content (AvgIpc) is 2.65. The molecule has 1 aromatic heterocycles. The molecule has 0 aliphatic heterocycles. The molecule has 0 saturated heterocycles. The Morgan fingerprint density at radius 2 is 2.21 bits per heavy atom. The van der Waals surface area contributed by atoms with Crippen LogP contribution in [0.3, 0.4) is 0 Å². The van der Waals surface area contributed by atoms with E-state index in [1.807, 2.05) is 6.07 Å². The predicted octanol–water partition coefficient (Wildman–Crippen LogP) is 2.67. The molecular formula is C12H13ClN2O3S. The lowest BCUT2D eigenvalue weighted by molar-refractivity contribution is -0.115. The third-order valence-electron chi connectivity index (χ3n) is 2.32. The summed E-state index contributed by atoms with van der Waals surface area (Å²) in [5, 5.41) is 11.2. The van der Waals surface area contributed by atoms with Gasteiger partial charge < -0.3 is 10.1 Å². The lowest BCUT2D eigenvalue weighted by Gasteiger charge is -2.03. The van der Waals surface area contributed by atoms with Crippen molar-refractivity contribution >= 4 is 39.8 Å². The molecule has 1 N–H and O–H groups in total. The second-order valence-electron chi connectivity index (χ2n) is 3.70. The van der Waals surface area contributed by atoms with Crippen molar-refractivity contribution < 1.29 is 14.3 Å². The van der Waals surface area contributed by atoms with Crippen molar-refractivity contribution in [3.05, 3.63) is 16.0 Å². The van der Waals surface area contributed by atoms with Gasteiger partial charge in [-0.1, -0.05) is 0 Å².